The number of amides is 3. The zero-order valence-electron chi connectivity index (χ0n) is 20.0. The largest absolute Gasteiger partial charge is 0.483 e. The van der Waals surface area contributed by atoms with Crippen molar-refractivity contribution in [2.24, 2.45) is 11.0 Å². The topological polar surface area (TPSA) is 109 Å². The predicted molar refractivity (Wildman–Crippen MR) is 140 cm³/mol. The van der Waals surface area contributed by atoms with E-state index in [9.17, 15) is 14.4 Å². The lowest BCUT2D eigenvalue weighted by Gasteiger charge is -2.26. The lowest BCUT2D eigenvalue weighted by molar-refractivity contribution is -0.137. The first-order valence-electron chi connectivity index (χ1n) is 11.4. The Hall–Kier alpha value is -2.95. The summed E-state index contributed by atoms with van der Waals surface area (Å²) in [6.07, 6.45) is 1.42. The van der Waals surface area contributed by atoms with Crippen LogP contribution in [-0.2, 0) is 14.3 Å². The number of halogens is 2. The van der Waals surface area contributed by atoms with Gasteiger partial charge in [-0.05, 0) is 42.3 Å². The Bertz CT molecular complexity index is 1120. The van der Waals surface area contributed by atoms with Crippen LogP contribution >= 0.6 is 27.5 Å². The lowest BCUT2D eigenvalue weighted by atomic mass is 10.0. The molecule has 192 valence electrons. The molecule has 9 nitrogen and oxygen atoms in total. The Labute approximate surface area is 223 Å². The van der Waals surface area contributed by atoms with E-state index in [1.807, 2.05) is 13.8 Å². The first-order valence-corrected chi connectivity index (χ1v) is 12.6. The van der Waals surface area contributed by atoms with Crippen molar-refractivity contribution in [2.45, 2.75) is 19.9 Å². The molecule has 1 aliphatic heterocycles. The van der Waals surface area contributed by atoms with Crippen LogP contribution in [0.25, 0.3) is 0 Å². The van der Waals surface area contributed by atoms with Gasteiger partial charge < -0.3 is 19.7 Å². The van der Waals surface area contributed by atoms with Crippen molar-refractivity contribution in [3.8, 4) is 5.75 Å². The van der Waals surface area contributed by atoms with Gasteiger partial charge in [0.25, 0.3) is 17.7 Å². The molecular weight excluding hydrogens is 552 g/mol. The monoisotopic (exact) mass is 578 g/mol. The third-order valence-corrected chi connectivity index (χ3v) is 6.12. The second kappa shape index (κ2) is 13.4. The molecule has 1 unspecified atom stereocenters. The summed E-state index contributed by atoms with van der Waals surface area (Å²) >= 11 is 9.37. The van der Waals surface area contributed by atoms with Gasteiger partial charge in [-0.15, -0.1) is 0 Å². The van der Waals surface area contributed by atoms with Gasteiger partial charge in [-0.3, -0.25) is 14.4 Å². The molecule has 2 N–H and O–H groups in total. The molecule has 0 saturated carbocycles. The molecule has 0 spiro atoms. The van der Waals surface area contributed by atoms with Crippen LogP contribution in [0.1, 0.15) is 29.8 Å². The Morgan fingerprint density at radius 2 is 1.94 bits per heavy atom. The van der Waals surface area contributed by atoms with Crippen LogP contribution in [-0.4, -0.2) is 67.8 Å². The number of rotatable bonds is 9. The molecular formula is C25H28BrClN4O5. The summed E-state index contributed by atoms with van der Waals surface area (Å²) in [5.74, 6) is -0.779. The number of carbonyl (C=O) groups excluding carboxylic acids is 3. The van der Waals surface area contributed by atoms with Crippen molar-refractivity contribution in [2.75, 3.05) is 32.9 Å². The van der Waals surface area contributed by atoms with Crippen LogP contribution in [0, 0.1) is 5.92 Å². The van der Waals surface area contributed by atoms with Crippen molar-refractivity contribution in [1.29, 1.82) is 0 Å². The molecule has 1 fully saturated rings. The Kier molecular flexibility index (Phi) is 10.3. The quantitative estimate of drug-likeness (QED) is 0.350. The molecule has 2 aromatic carbocycles. The fourth-order valence-electron chi connectivity index (χ4n) is 3.42. The highest BCUT2D eigenvalue weighted by Gasteiger charge is 2.24. The minimum atomic E-state index is -0.821. The number of benzene rings is 2. The van der Waals surface area contributed by atoms with E-state index in [1.54, 1.807) is 41.3 Å². The average molecular weight is 580 g/mol. The molecule has 0 bridgehead atoms. The maximum atomic E-state index is 12.8. The average Bonchev–Trinajstić information content (AvgIpc) is 2.86. The van der Waals surface area contributed by atoms with Crippen LogP contribution < -0.4 is 15.5 Å². The number of hydrogen-bond donors (Lipinski definition) is 2. The van der Waals surface area contributed by atoms with E-state index in [4.69, 9.17) is 21.1 Å². The van der Waals surface area contributed by atoms with Crippen LogP contribution in [0.3, 0.4) is 0 Å². The van der Waals surface area contributed by atoms with Crippen LogP contribution in [0.15, 0.2) is 52.0 Å². The first-order chi connectivity index (χ1) is 17.2. The maximum absolute atomic E-state index is 12.8. The second-order valence-corrected chi connectivity index (χ2v) is 9.76. The number of morpholine rings is 1. The standard InChI is InChI=1S/C25H28BrClN4O5/c1-16(2)23(29-24(33)17-4-3-5-20(27)13-17)25(34)30-28-14-18-12-19(26)6-7-21(18)36-15-22(32)31-8-10-35-11-9-31/h3-7,12-14,16,23H,8-11,15H2,1-2H3,(H,29,33)(H,30,34)/b28-14-. The van der Waals surface area contributed by atoms with E-state index < -0.39 is 17.9 Å². The fourth-order valence-corrected chi connectivity index (χ4v) is 3.99. The minimum Gasteiger partial charge on any atom is -0.483 e. The summed E-state index contributed by atoms with van der Waals surface area (Å²) in [6.45, 7) is 5.61. The summed E-state index contributed by atoms with van der Waals surface area (Å²) in [5.41, 5.74) is 3.39. The normalized spacial score (nSPS) is 14.5. The van der Waals surface area contributed by atoms with Gasteiger partial charge in [0, 0.05) is 33.7 Å². The third-order valence-electron chi connectivity index (χ3n) is 5.39. The molecule has 1 atom stereocenters. The van der Waals surface area contributed by atoms with Crippen molar-refractivity contribution in [3.05, 3.63) is 63.1 Å². The Morgan fingerprint density at radius 3 is 2.64 bits per heavy atom. The van der Waals surface area contributed by atoms with Gasteiger partial charge in [-0.25, -0.2) is 5.43 Å². The molecule has 3 rings (SSSR count). The zero-order valence-corrected chi connectivity index (χ0v) is 22.3. The highest BCUT2D eigenvalue weighted by molar-refractivity contribution is 9.10. The smallest absolute Gasteiger partial charge is 0.262 e. The molecule has 3 amide bonds. The maximum Gasteiger partial charge on any atom is 0.262 e. The van der Waals surface area contributed by atoms with E-state index in [0.29, 0.717) is 48.2 Å². The zero-order chi connectivity index (χ0) is 26.1. The van der Waals surface area contributed by atoms with Gasteiger partial charge in [-0.2, -0.15) is 5.10 Å². The van der Waals surface area contributed by atoms with Gasteiger partial charge in [-0.1, -0.05) is 47.4 Å². The molecule has 0 aliphatic carbocycles. The summed E-state index contributed by atoms with van der Waals surface area (Å²) < 4.78 is 11.8. The Morgan fingerprint density at radius 1 is 1.19 bits per heavy atom. The van der Waals surface area contributed by atoms with Crippen LogP contribution in [0.4, 0.5) is 0 Å². The lowest BCUT2D eigenvalue weighted by Crippen LogP contribution is -2.48. The molecule has 1 aliphatic rings. The number of nitrogens with one attached hydrogen (secondary N) is 2. The van der Waals surface area contributed by atoms with Crippen LogP contribution in [0.5, 0.6) is 5.75 Å². The van der Waals surface area contributed by atoms with Crippen molar-refractivity contribution in [3.63, 3.8) is 0 Å². The van der Waals surface area contributed by atoms with Crippen molar-refractivity contribution < 1.29 is 23.9 Å². The van der Waals surface area contributed by atoms with Crippen molar-refractivity contribution in [1.82, 2.24) is 15.6 Å². The molecule has 0 aromatic heterocycles. The molecule has 11 heteroatoms. The predicted octanol–water partition coefficient (Wildman–Crippen LogP) is 3.24. The van der Waals surface area contributed by atoms with Gasteiger partial charge in [0.05, 0.1) is 19.4 Å². The second-order valence-electron chi connectivity index (χ2n) is 8.40. The van der Waals surface area contributed by atoms with Gasteiger partial charge in [0.15, 0.2) is 6.61 Å². The highest BCUT2D eigenvalue weighted by Crippen LogP contribution is 2.22. The molecule has 0 radical (unpaired) electrons. The molecule has 2 aromatic rings. The summed E-state index contributed by atoms with van der Waals surface area (Å²) in [7, 11) is 0. The number of hydrazone groups is 1. The van der Waals surface area contributed by atoms with E-state index in [0.717, 1.165) is 4.47 Å². The van der Waals surface area contributed by atoms with E-state index in [1.165, 1.54) is 12.3 Å². The number of ether oxygens (including phenoxy) is 2. The summed E-state index contributed by atoms with van der Waals surface area (Å²) in [4.78, 5) is 39.5. The SMILES string of the molecule is CC(C)C(NC(=O)c1cccc(Cl)c1)C(=O)N/N=C\c1cc(Br)ccc1OCC(=O)N1CCOCC1. The first kappa shape index (κ1) is 27.6. The van der Waals surface area contributed by atoms with Gasteiger partial charge >= 0.3 is 0 Å². The van der Waals surface area contributed by atoms with Crippen molar-refractivity contribution >= 4 is 51.5 Å². The fraction of sp³-hybridized carbons (Fsp3) is 0.360. The molecule has 1 saturated heterocycles. The van der Waals surface area contributed by atoms with Crippen LogP contribution in [0.2, 0.25) is 5.02 Å². The van der Waals surface area contributed by atoms with Gasteiger partial charge in [0.1, 0.15) is 11.8 Å². The molecule has 36 heavy (non-hydrogen) atoms. The Balaban J connectivity index is 1.62. The van der Waals surface area contributed by atoms with Gasteiger partial charge in [0.2, 0.25) is 0 Å². The van der Waals surface area contributed by atoms with E-state index >= 15 is 0 Å². The van der Waals surface area contributed by atoms with E-state index in [2.05, 4.69) is 31.8 Å². The third kappa shape index (κ3) is 8.04. The summed E-state index contributed by atoms with van der Waals surface area (Å²) in [6, 6.07) is 10.9. The number of carbonyl (C=O) groups is 3. The highest BCUT2D eigenvalue weighted by atomic mass is 79.9. The van der Waals surface area contributed by atoms with E-state index in [-0.39, 0.29) is 18.4 Å². The molecule has 1 heterocycles. The summed E-state index contributed by atoms with van der Waals surface area (Å²) in [5, 5.41) is 7.20. The number of hydrogen-bond acceptors (Lipinski definition) is 6. The number of nitrogens with zero attached hydrogens (tertiary/aromatic N) is 2. The minimum absolute atomic E-state index is 0.125.